The van der Waals surface area contributed by atoms with E-state index < -0.39 is 0 Å². The van der Waals surface area contributed by atoms with Gasteiger partial charge in [0.1, 0.15) is 17.7 Å². The SMILES string of the molecule is C=NNc1ccc(Nc2nc(-c3cccc(NC4OC4CCC)c3)nc3ccc(OCC4CC4)cc23)cc1C. The second-order valence-electron chi connectivity index (χ2n) is 10.4. The third kappa shape index (κ3) is 5.96. The molecule has 8 heteroatoms. The zero-order valence-electron chi connectivity index (χ0n) is 22.4. The highest BCUT2D eigenvalue weighted by atomic mass is 16.6. The van der Waals surface area contributed by atoms with E-state index in [9.17, 15) is 0 Å². The minimum Gasteiger partial charge on any atom is -0.493 e. The number of nitrogens with zero attached hydrogens (tertiary/aromatic N) is 3. The summed E-state index contributed by atoms with van der Waals surface area (Å²) in [7, 11) is 0. The van der Waals surface area contributed by atoms with Crippen molar-refractivity contribution in [2.24, 2.45) is 11.0 Å². The Morgan fingerprint density at radius 1 is 1.05 bits per heavy atom. The lowest BCUT2D eigenvalue weighted by Crippen LogP contribution is -2.07. The van der Waals surface area contributed by atoms with Crippen LogP contribution < -0.4 is 20.8 Å². The maximum absolute atomic E-state index is 6.08. The van der Waals surface area contributed by atoms with Crippen molar-refractivity contribution in [2.75, 3.05) is 22.7 Å². The van der Waals surface area contributed by atoms with Crippen molar-refractivity contribution in [1.82, 2.24) is 9.97 Å². The number of ether oxygens (including phenoxy) is 2. The van der Waals surface area contributed by atoms with Gasteiger partial charge in [0.15, 0.2) is 12.1 Å². The molecule has 1 aromatic heterocycles. The maximum atomic E-state index is 6.08. The van der Waals surface area contributed by atoms with E-state index in [1.165, 1.54) is 12.8 Å². The van der Waals surface area contributed by atoms with Gasteiger partial charge in [0.05, 0.1) is 17.8 Å². The summed E-state index contributed by atoms with van der Waals surface area (Å²) in [6.07, 6.45) is 5.03. The quantitative estimate of drug-likeness (QED) is 0.104. The Hall–Kier alpha value is -4.17. The molecule has 1 saturated heterocycles. The topological polar surface area (TPSA) is 96.0 Å². The number of aryl methyl sites for hydroxylation is 1. The Balaban J connectivity index is 1.33. The lowest BCUT2D eigenvalue weighted by atomic mass is 10.1. The van der Waals surface area contributed by atoms with E-state index in [-0.39, 0.29) is 12.3 Å². The summed E-state index contributed by atoms with van der Waals surface area (Å²) in [4.78, 5) is 9.94. The molecule has 200 valence electrons. The standard InChI is InChI=1S/C31H34N6O2/c1-4-6-28-31(39-28)34-22-8-5-7-21(16-22)29-35-27-14-12-24(38-18-20-9-10-20)17-25(27)30(36-29)33-23-11-13-26(37-32-3)19(2)15-23/h5,7-8,11-17,20,28,31,34,37H,3-4,6,9-10,18H2,1-2H3,(H,33,35,36). The molecule has 0 amide bonds. The van der Waals surface area contributed by atoms with Crippen LogP contribution in [0.5, 0.6) is 5.75 Å². The monoisotopic (exact) mass is 522 g/mol. The number of rotatable bonds is 12. The highest BCUT2D eigenvalue weighted by Crippen LogP contribution is 2.34. The lowest BCUT2D eigenvalue weighted by molar-refractivity contribution is 0.300. The molecule has 2 aliphatic rings. The second kappa shape index (κ2) is 10.9. The normalized spacial score (nSPS) is 18.0. The van der Waals surface area contributed by atoms with E-state index in [1.54, 1.807) is 0 Å². The molecule has 2 unspecified atom stereocenters. The van der Waals surface area contributed by atoms with Gasteiger partial charge in [-0.3, -0.25) is 5.43 Å². The van der Waals surface area contributed by atoms with Crippen LogP contribution in [0.15, 0.2) is 65.8 Å². The molecule has 2 atom stereocenters. The van der Waals surface area contributed by atoms with Gasteiger partial charge in [0.25, 0.3) is 0 Å². The van der Waals surface area contributed by atoms with Crippen LogP contribution in [0.4, 0.5) is 22.9 Å². The summed E-state index contributed by atoms with van der Waals surface area (Å²) in [5.41, 5.74) is 8.56. The molecule has 1 saturated carbocycles. The van der Waals surface area contributed by atoms with Gasteiger partial charge in [-0.05, 0) is 86.2 Å². The maximum Gasteiger partial charge on any atom is 0.162 e. The molecule has 0 spiro atoms. The fourth-order valence-electron chi connectivity index (χ4n) is 4.70. The van der Waals surface area contributed by atoms with Crippen LogP contribution >= 0.6 is 0 Å². The largest absolute Gasteiger partial charge is 0.493 e. The van der Waals surface area contributed by atoms with E-state index >= 15 is 0 Å². The van der Waals surface area contributed by atoms with E-state index in [4.69, 9.17) is 19.4 Å². The third-order valence-corrected chi connectivity index (χ3v) is 7.12. The Morgan fingerprint density at radius 2 is 1.95 bits per heavy atom. The zero-order valence-corrected chi connectivity index (χ0v) is 22.4. The molecule has 0 radical (unpaired) electrons. The molecule has 2 heterocycles. The minimum atomic E-state index is 0.0704. The van der Waals surface area contributed by atoms with Crippen molar-refractivity contribution in [3.63, 3.8) is 0 Å². The van der Waals surface area contributed by atoms with Crippen LogP contribution in [0.25, 0.3) is 22.3 Å². The molecule has 6 rings (SSSR count). The number of anilines is 4. The van der Waals surface area contributed by atoms with Crippen molar-refractivity contribution in [3.05, 3.63) is 66.2 Å². The Bertz CT molecular complexity index is 1500. The summed E-state index contributed by atoms with van der Waals surface area (Å²) >= 11 is 0. The van der Waals surface area contributed by atoms with Gasteiger partial charge in [0, 0.05) is 29.0 Å². The minimum absolute atomic E-state index is 0.0704. The molecule has 3 N–H and O–H groups in total. The number of epoxide rings is 1. The number of nitrogens with one attached hydrogen (secondary N) is 3. The average molecular weight is 523 g/mol. The van der Waals surface area contributed by atoms with Crippen LogP contribution in [0.1, 0.15) is 38.2 Å². The zero-order chi connectivity index (χ0) is 26.8. The smallest absolute Gasteiger partial charge is 0.162 e. The molecule has 0 bridgehead atoms. The summed E-state index contributed by atoms with van der Waals surface area (Å²) in [5, 5.41) is 11.7. The first-order valence-electron chi connectivity index (χ1n) is 13.7. The van der Waals surface area contributed by atoms with E-state index in [0.29, 0.717) is 11.7 Å². The van der Waals surface area contributed by atoms with E-state index in [1.807, 2.05) is 55.5 Å². The number of hydrogen-bond acceptors (Lipinski definition) is 8. The van der Waals surface area contributed by atoms with E-state index in [0.717, 1.165) is 70.1 Å². The van der Waals surface area contributed by atoms with Crippen molar-refractivity contribution in [3.8, 4) is 17.1 Å². The predicted octanol–water partition coefficient (Wildman–Crippen LogP) is 7.10. The molecule has 3 aromatic carbocycles. The third-order valence-electron chi connectivity index (χ3n) is 7.12. The van der Waals surface area contributed by atoms with Crippen molar-refractivity contribution in [2.45, 2.75) is 51.9 Å². The summed E-state index contributed by atoms with van der Waals surface area (Å²) in [6, 6.07) is 20.2. The fraction of sp³-hybridized carbons (Fsp3) is 0.323. The van der Waals surface area contributed by atoms with Crippen LogP contribution in [0.3, 0.4) is 0 Å². The van der Waals surface area contributed by atoms with Gasteiger partial charge in [-0.1, -0.05) is 25.5 Å². The van der Waals surface area contributed by atoms with Gasteiger partial charge >= 0.3 is 0 Å². The molecule has 1 aliphatic heterocycles. The molecular weight excluding hydrogens is 488 g/mol. The van der Waals surface area contributed by atoms with Gasteiger partial charge in [-0.2, -0.15) is 5.10 Å². The molecule has 39 heavy (non-hydrogen) atoms. The number of aromatic nitrogens is 2. The second-order valence-corrected chi connectivity index (χ2v) is 10.4. The average Bonchev–Trinajstić information content (AvgIpc) is 3.88. The van der Waals surface area contributed by atoms with Crippen molar-refractivity contribution in [1.29, 1.82) is 0 Å². The number of benzene rings is 3. The predicted molar refractivity (Wildman–Crippen MR) is 158 cm³/mol. The first-order chi connectivity index (χ1) is 19.1. The van der Waals surface area contributed by atoms with Crippen LogP contribution in [-0.2, 0) is 4.74 Å². The number of fused-ring (bicyclic) bond motifs is 1. The first kappa shape index (κ1) is 25.1. The molecule has 2 fully saturated rings. The van der Waals surface area contributed by atoms with E-state index in [2.05, 4.69) is 46.9 Å². The first-order valence-corrected chi connectivity index (χ1v) is 13.7. The van der Waals surface area contributed by atoms with Gasteiger partial charge in [-0.25, -0.2) is 9.97 Å². The van der Waals surface area contributed by atoms with Gasteiger partial charge < -0.3 is 20.1 Å². The number of hydrogen-bond donors (Lipinski definition) is 3. The number of hydrazone groups is 1. The highest BCUT2D eigenvalue weighted by Gasteiger charge is 2.37. The highest BCUT2D eigenvalue weighted by molar-refractivity contribution is 5.93. The van der Waals surface area contributed by atoms with Gasteiger partial charge in [-0.15, -0.1) is 0 Å². The fourth-order valence-corrected chi connectivity index (χ4v) is 4.70. The molecular formula is C31H34N6O2. The van der Waals surface area contributed by atoms with Gasteiger partial charge in [0.2, 0.25) is 0 Å². The summed E-state index contributed by atoms with van der Waals surface area (Å²) in [6.45, 7) is 8.47. The Kier molecular flexibility index (Phi) is 7.02. The van der Waals surface area contributed by atoms with Crippen LogP contribution in [0.2, 0.25) is 0 Å². The lowest BCUT2D eigenvalue weighted by Gasteiger charge is -2.14. The summed E-state index contributed by atoms with van der Waals surface area (Å²) < 4.78 is 11.8. The Morgan fingerprint density at radius 3 is 2.74 bits per heavy atom. The van der Waals surface area contributed by atoms with Crippen LogP contribution in [-0.4, -0.2) is 35.6 Å². The Labute approximate surface area is 228 Å². The summed E-state index contributed by atoms with van der Waals surface area (Å²) in [5.74, 6) is 2.88. The molecule has 1 aliphatic carbocycles. The molecule has 4 aromatic rings. The van der Waals surface area contributed by atoms with Crippen molar-refractivity contribution < 1.29 is 9.47 Å². The molecule has 8 nitrogen and oxygen atoms in total. The van der Waals surface area contributed by atoms with Crippen molar-refractivity contribution >= 4 is 40.5 Å². The van der Waals surface area contributed by atoms with Crippen LogP contribution in [0, 0.1) is 12.8 Å².